The number of carbonyl (C=O) groups excluding carboxylic acids is 1. The number of ether oxygens (including phenoxy) is 1. The third kappa shape index (κ3) is 4.03. The summed E-state index contributed by atoms with van der Waals surface area (Å²) in [5, 5.41) is 6.40. The Balaban J connectivity index is 1.41. The zero-order chi connectivity index (χ0) is 21.1. The van der Waals surface area contributed by atoms with Crippen molar-refractivity contribution in [3.8, 4) is 17.1 Å². The van der Waals surface area contributed by atoms with E-state index >= 15 is 0 Å². The standard InChI is InChI=1S/C21H23BrN6O2/c1-30-14-5-3-13(4-6-14)18-27-17-16(15(22)11-26-19(17)28-18)24-9-2-10-25-20(29)21(12-23)7-8-21/h3-8,11H,2,9-10,12,23H2,1H3,(H,25,29)(H2,24,26,27,28)/p+1. The number of rotatable bonds is 9. The van der Waals surface area contributed by atoms with Gasteiger partial charge in [0.05, 0.1) is 23.8 Å². The maximum Gasteiger partial charge on any atom is 0.239 e. The molecule has 0 unspecified atom stereocenters. The molecule has 2 heterocycles. The molecule has 0 aliphatic heterocycles. The highest BCUT2D eigenvalue weighted by Crippen LogP contribution is 2.33. The number of H-pyrrole nitrogens is 1. The van der Waals surface area contributed by atoms with Crippen LogP contribution < -0.4 is 21.1 Å². The van der Waals surface area contributed by atoms with Gasteiger partial charge in [0.25, 0.3) is 0 Å². The first-order valence-electron chi connectivity index (χ1n) is 9.77. The van der Waals surface area contributed by atoms with Crippen LogP contribution in [0.2, 0.25) is 0 Å². The summed E-state index contributed by atoms with van der Waals surface area (Å²) in [5.41, 5.74) is 6.71. The fraction of sp³-hybridized carbons (Fsp3) is 0.286. The highest BCUT2D eigenvalue weighted by Gasteiger charge is 2.42. The smallest absolute Gasteiger partial charge is 0.239 e. The molecule has 0 saturated carbocycles. The third-order valence-electron chi connectivity index (χ3n) is 5.18. The monoisotopic (exact) mass is 471 g/mol. The van der Waals surface area contributed by atoms with E-state index in [4.69, 9.17) is 4.74 Å². The number of hydrogen-bond acceptors (Lipinski definition) is 5. The van der Waals surface area contributed by atoms with Crippen LogP contribution in [0.1, 0.15) is 6.42 Å². The number of nitrogens with one attached hydrogen (secondary N) is 3. The summed E-state index contributed by atoms with van der Waals surface area (Å²) in [4.78, 5) is 24.5. The summed E-state index contributed by atoms with van der Waals surface area (Å²) in [6, 6.07) is 7.70. The fourth-order valence-corrected chi connectivity index (χ4v) is 3.63. The van der Waals surface area contributed by atoms with Crippen LogP contribution in [0.15, 0.2) is 47.1 Å². The van der Waals surface area contributed by atoms with Gasteiger partial charge in [-0.15, -0.1) is 0 Å². The highest BCUT2D eigenvalue weighted by molar-refractivity contribution is 9.10. The molecule has 6 N–H and O–H groups in total. The van der Waals surface area contributed by atoms with Crippen LogP contribution in [0.4, 0.5) is 5.69 Å². The van der Waals surface area contributed by atoms with Crippen molar-refractivity contribution in [1.82, 2.24) is 20.3 Å². The Kier molecular flexibility index (Phi) is 5.74. The molecule has 9 heteroatoms. The molecule has 0 fully saturated rings. The SMILES string of the molecule is COc1ccc(-c2nc3ncc(Br)c(NCCCNC(=O)C4(C[NH3+])C=C4)c3[nH]2)cc1. The van der Waals surface area contributed by atoms with E-state index in [1.54, 1.807) is 13.3 Å². The van der Waals surface area contributed by atoms with Gasteiger partial charge in [-0.2, -0.15) is 0 Å². The maximum absolute atomic E-state index is 12.1. The van der Waals surface area contributed by atoms with Crippen LogP contribution >= 0.6 is 15.9 Å². The number of aromatic amines is 1. The molecule has 1 aliphatic rings. The van der Waals surface area contributed by atoms with Crippen molar-refractivity contribution < 1.29 is 15.3 Å². The maximum atomic E-state index is 12.1. The van der Waals surface area contributed by atoms with Gasteiger partial charge in [-0.05, 0) is 46.6 Å². The first-order valence-corrected chi connectivity index (χ1v) is 10.6. The second kappa shape index (κ2) is 8.45. The Labute approximate surface area is 182 Å². The van der Waals surface area contributed by atoms with Crippen molar-refractivity contribution in [3.63, 3.8) is 0 Å². The zero-order valence-electron chi connectivity index (χ0n) is 16.7. The quantitative estimate of drug-likeness (QED) is 0.281. The molecule has 156 valence electrons. The Morgan fingerprint density at radius 3 is 2.70 bits per heavy atom. The minimum Gasteiger partial charge on any atom is -0.497 e. The predicted molar refractivity (Wildman–Crippen MR) is 119 cm³/mol. The number of fused-ring (bicyclic) bond motifs is 1. The van der Waals surface area contributed by atoms with Crippen LogP contribution in [-0.2, 0) is 4.79 Å². The molecule has 0 bridgehead atoms. The number of halogens is 1. The molecular weight excluding hydrogens is 448 g/mol. The van der Waals surface area contributed by atoms with Crippen molar-refractivity contribution >= 4 is 38.7 Å². The fourth-order valence-electron chi connectivity index (χ4n) is 3.19. The number of carbonyl (C=O) groups is 1. The molecule has 0 atom stereocenters. The molecular formula is C21H24BrN6O2+. The number of imidazole rings is 1. The molecule has 1 amide bonds. The van der Waals surface area contributed by atoms with Crippen molar-refractivity contribution in [2.24, 2.45) is 5.41 Å². The van der Waals surface area contributed by atoms with Gasteiger partial charge >= 0.3 is 0 Å². The number of benzene rings is 1. The zero-order valence-corrected chi connectivity index (χ0v) is 18.3. The van der Waals surface area contributed by atoms with Crippen LogP contribution in [0.3, 0.4) is 0 Å². The van der Waals surface area contributed by atoms with Gasteiger partial charge in [-0.25, -0.2) is 9.97 Å². The van der Waals surface area contributed by atoms with Crippen molar-refractivity contribution in [2.45, 2.75) is 6.42 Å². The van der Waals surface area contributed by atoms with Crippen LogP contribution in [0.5, 0.6) is 5.75 Å². The van der Waals surface area contributed by atoms with Crippen LogP contribution in [-0.4, -0.2) is 47.6 Å². The lowest BCUT2D eigenvalue weighted by Crippen LogP contribution is -2.58. The van der Waals surface area contributed by atoms with E-state index in [-0.39, 0.29) is 5.91 Å². The van der Waals surface area contributed by atoms with Crippen LogP contribution in [0.25, 0.3) is 22.6 Å². The lowest BCUT2D eigenvalue weighted by molar-refractivity contribution is -0.377. The van der Waals surface area contributed by atoms with Gasteiger partial charge in [0.15, 0.2) is 5.65 Å². The summed E-state index contributed by atoms with van der Waals surface area (Å²) < 4.78 is 6.06. The Morgan fingerprint density at radius 1 is 1.27 bits per heavy atom. The topological polar surface area (TPSA) is 120 Å². The first-order chi connectivity index (χ1) is 14.6. The summed E-state index contributed by atoms with van der Waals surface area (Å²) in [5.74, 6) is 1.57. The lowest BCUT2D eigenvalue weighted by Gasteiger charge is -2.13. The molecule has 30 heavy (non-hydrogen) atoms. The van der Waals surface area contributed by atoms with Crippen molar-refractivity contribution in [3.05, 3.63) is 47.1 Å². The predicted octanol–water partition coefficient (Wildman–Crippen LogP) is 2.11. The summed E-state index contributed by atoms with van der Waals surface area (Å²) >= 11 is 3.56. The molecule has 1 aliphatic carbocycles. The molecule has 1 aromatic carbocycles. The molecule has 4 rings (SSSR count). The van der Waals surface area contributed by atoms with E-state index < -0.39 is 5.41 Å². The van der Waals surface area contributed by atoms with E-state index in [0.29, 0.717) is 25.3 Å². The number of pyridine rings is 1. The number of methoxy groups -OCH3 is 1. The molecule has 0 saturated heterocycles. The van der Waals surface area contributed by atoms with E-state index in [9.17, 15) is 4.79 Å². The van der Waals surface area contributed by atoms with Crippen molar-refractivity contribution in [2.75, 3.05) is 32.1 Å². The number of anilines is 1. The highest BCUT2D eigenvalue weighted by atomic mass is 79.9. The van der Waals surface area contributed by atoms with E-state index in [2.05, 4.69) is 47.2 Å². The molecule has 0 spiro atoms. The lowest BCUT2D eigenvalue weighted by atomic mass is 10.0. The Hall–Kier alpha value is -2.91. The number of aromatic nitrogens is 3. The molecule has 0 radical (unpaired) electrons. The summed E-state index contributed by atoms with van der Waals surface area (Å²) in [7, 11) is 1.64. The number of nitrogens with zero attached hydrogens (tertiary/aromatic N) is 2. The normalized spacial score (nSPS) is 14.0. The molecule has 8 nitrogen and oxygen atoms in total. The van der Waals surface area contributed by atoms with E-state index in [1.165, 1.54) is 0 Å². The minimum atomic E-state index is -0.443. The van der Waals surface area contributed by atoms with Gasteiger partial charge in [-0.1, -0.05) is 12.2 Å². The average molecular weight is 472 g/mol. The van der Waals surface area contributed by atoms with Gasteiger partial charge in [-0.3, -0.25) is 4.79 Å². The van der Waals surface area contributed by atoms with E-state index in [0.717, 1.165) is 39.2 Å². The Morgan fingerprint density at radius 2 is 2.03 bits per heavy atom. The summed E-state index contributed by atoms with van der Waals surface area (Å²) in [6.45, 7) is 1.86. The number of amides is 1. The Bertz CT molecular complexity index is 1090. The second-order valence-corrected chi connectivity index (χ2v) is 8.01. The first kappa shape index (κ1) is 20.4. The second-order valence-electron chi connectivity index (χ2n) is 7.15. The average Bonchev–Trinajstić information content (AvgIpc) is 3.46. The molecule has 3 aromatic rings. The van der Waals surface area contributed by atoms with Crippen LogP contribution in [0, 0.1) is 5.41 Å². The summed E-state index contributed by atoms with van der Waals surface area (Å²) in [6.07, 6.45) is 6.32. The number of quaternary nitrogens is 1. The van der Waals surface area contributed by atoms with Gasteiger partial charge in [0.1, 0.15) is 22.5 Å². The van der Waals surface area contributed by atoms with Gasteiger partial charge in [0.2, 0.25) is 5.91 Å². The third-order valence-corrected chi connectivity index (χ3v) is 5.78. The van der Waals surface area contributed by atoms with Gasteiger partial charge < -0.3 is 26.1 Å². The molecule has 2 aromatic heterocycles. The van der Waals surface area contributed by atoms with E-state index in [1.807, 2.05) is 36.4 Å². The largest absolute Gasteiger partial charge is 0.497 e. The van der Waals surface area contributed by atoms with Gasteiger partial charge in [0, 0.05) is 24.8 Å². The number of hydrogen-bond donors (Lipinski definition) is 4. The van der Waals surface area contributed by atoms with Crippen molar-refractivity contribution in [1.29, 1.82) is 0 Å². The minimum absolute atomic E-state index is 0.0303.